The molecule has 1 aliphatic carbocycles. The molecule has 2 atom stereocenters. The van der Waals surface area contributed by atoms with Gasteiger partial charge >= 0.3 is 0 Å². The highest BCUT2D eigenvalue weighted by molar-refractivity contribution is 5.94. The molecular formula is C19H26N2O3. The molecular weight excluding hydrogens is 304 g/mol. The molecule has 1 saturated carbocycles. The second kappa shape index (κ2) is 7.79. The lowest BCUT2D eigenvalue weighted by Crippen LogP contribution is -2.43. The Hall–Kier alpha value is -1.88. The molecule has 3 rings (SSSR count). The van der Waals surface area contributed by atoms with E-state index in [0.717, 1.165) is 50.8 Å². The third-order valence-corrected chi connectivity index (χ3v) is 5.30. The number of hydrogen-bond donors (Lipinski definition) is 2. The van der Waals surface area contributed by atoms with Crippen molar-refractivity contribution in [3.8, 4) is 0 Å². The maximum absolute atomic E-state index is 12.4. The van der Waals surface area contributed by atoms with E-state index in [1.54, 1.807) is 0 Å². The smallest absolute Gasteiger partial charge is 0.253 e. The van der Waals surface area contributed by atoms with Gasteiger partial charge in [-0.05, 0) is 50.2 Å². The van der Waals surface area contributed by atoms with Crippen molar-refractivity contribution in [2.45, 2.75) is 38.2 Å². The third-order valence-electron chi connectivity index (χ3n) is 5.30. The minimum atomic E-state index is -0.477. The van der Waals surface area contributed by atoms with Crippen molar-refractivity contribution in [3.63, 3.8) is 0 Å². The highest BCUT2D eigenvalue weighted by Gasteiger charge is 2.32. The fourth-order valence-electron chi connectivity index (χ4n) is 3.73. The van der Waals surface area contributed by atoms with Crippen LogP contribution in [0.4, 0.5) is 0 Å². The maximum atomic E-state index is 12.4. The lowest BCUT2D eigenvalue weighted by Gasteiger charge is -2.32. The van der Waals surface area contributed by atoms with Crippen LogP contribution in [0.25, 0.3) is 0 Å². The first kappa shape index (κ1) is 17.0. The van der Waals surface area contributed by atoms with Gasteiger partial charge in [-0.1, -0.05) is 18.2 Å². The number of nitrogens with one attached hydrogen (secondary N) is 1. The molecule has 1 heterocycles. The molecule has 1 saturated heterocycles. The van der Waals surface area contributed by atoms with Crippen LogP contribution in [0.2, 0.25) is 0 Å². The molecule has 0 radical (unpaired) electrons. The zero-order valence-corrected chi connectivity index (χ0v) is 14.0. The molecule has 2 aliphatic rings. The fourth-order valence-corrected chi connectivity index (χ4v) is 3.73. The molecule has 2 fully saturated rings. The van der Waals surface area contributed by atoms with Crippen molar-refractivity contribution < 1.29 is 14.7 Å². The van der Waals surface area contributed by atoms with Gasteiger partial charge in [0.15, 0.2) is 0 Å². The Bertz CT molecular complexity index is 567. The van der Waals surface area contributed by atoms with E-state index in [2.05, 4.69) is 5.32 Å². The molecule has 5 nitrogen and oxygen atoms in total. The van der Waals surface area contributed by atoms with Gasteiger partial charge in [0.1, 0.15) is 0 Å². The summed E-state index contributed by atoms with van der Waals surface area (Å²) in [6.07, 6.45) is 3.79. The minimum absolute atomic E-state index is 0.0113. The average Bonchev–Trinajstić information content (AvgIpc) is 3.06. The van der Waals surface area contributed by atoms with E-state index in [0.29, 0.717) is 12.5 Å². The normalized spacial score (nSPS) is 24.8. The fraction of sp³-hybridized carbons (Fsp3) is 0.579. The standard InChI is InChI=1S/C19H26N2O3/c22-17-8-4-7-16(17)18(23)20-13-14-9-11-21(12-10-14)19(24)15-5-2-1-3-6-15/h1-3,5-6,14,16-17,22H,4,7-13H2,(H,20,23). The van der Waals surface area contributed by atoms with Crippen LogP contribution in [-0.2, 0) is 4.79 Å². The first-order valence-corrected chi connectivity index (χ1v) is 8.95. The van der Waals surface area contributed by atoms with Gasteiger partial charge in [-0.25, -0.2) is 0 Å². The van der Waals surface area contributed by atoms with Crippen LogP contribution >= 0.6 is 0 Å². The average molecular weight is 330 g/mol. The quantitative estimate of drug-likeness (QED) is 0.885. The van der Waals surface area contributed by atoms with Gasteiger partial charge in [0.2, 0.25) is 5.91 Å². The van der Waals surface area contributed by atoms with E-state index in [-0.39, 0.29) is 17.7 Å². The number of hydrogen-bond acceptors (Lipinski definition) is 3. The molecule has 1 aromatic rings. The number of likely N-dealkylation sites (tertiary alicyclic amines) is 1. The van der Waals surface area contributed by atoms with Gasteiger partial charge in [-0.2, -0.15) is 0 Å². The van der Waals surface area contributed by atoms with Crippen LogP contribution in [0.5, 0.6) is 0 Å². The monoisotopic (exact) mass is 330 g/mol. The first-order chi connectivity index (χ1) is 11.6. The zero-order chi connectivity index (χ0) is 16.9. The van der Waals surface area contributed by atoms with Gasteiger partial charge in [0.25, 0.3) is 5.91 Å². The van der Waals surface area contributed by atoms with Gasteiger partial charge < -0.3 is 15.3 Å². The molecule has 130 valence electrons. The Morgan fingerprint density at radius 3 is 2.42 bits per heavy atom. The van der Waals surface area contributed by atoms with Gasteiger partial charge in [0.05, 0.1) is 12.0 Å². The lowest BCUT2D eigenvalue weighted by molar-refractivity contribution is -0.127. The predicted molar refractivity (Wildman–Crippen MR) is 91.4 cm³/mol. The van der Waals surface area contributed by atoms with Gasteiger partial charge in [-0.15, -0.1) is 0 Å². The number of benzene rings is 1. The maximum Gasteiger partial charge on any atom is 0.253 e. The molecule has 2 unspecified atom stereocenters. The van der Waals surface area contributed by atoms with E-state index < -0.39 is 6.10 Å². The van der Waals surface area contributed by atoms with Crippen molar-refractivity contribution in [3.05, 3.63) is 35.9 Å². The van der Waals surface area contributed by atoms with E-state index in [9.17, 15) is 14.7 Å². The second-order valence-electron chi connectivity index (χ2n) is 6.95. The summed E-state index contributed by atoms with van der Waals surface area (Å²) in [5, 5.41) is 12.8. The predicted octanol–water partition coefficient (Wildman–Crippen LogP) is 1.82. The SMILES string of the molecule is O=C(NCC1CCN(C(=O)c2ccccc2)CC1)C1CCCC1O. The molecule has 5 heteroatoms. The van der Waals surface area contributed by atoms with Crippen LogP contribution in [0.3, 0.4) is 0 Å². The summed E-state index contributed by atoms with van der Waals surface area (Å²) >= 11 is 0. The Labute approximate surface area is 143 Å². The van der Waals surface area contributed by atoms with E-state index in [1.165, 1.54) is 0 Å². The third kappa shape index (κ3) is 3.96. The van der Waals surface area contributed by atoms with Crippen molar-refractivity contribution >= 4 is 11.8 Å². The highest BCUT2D eigenvalue weighted by atomic mass is 16.3. The number of carbonyl (C=O) groups excluding carboxylic acids is 2. The number of aliphatic hydroxyl groups excluding tert-OH is 1. The summed E-state index contributed by atoms with van der Waals surface area (Å²) in [5.41, 5.74) is 0.736. The topological polar surface area (TPSA) is 69.6 Å². The summed E-state index contributed by atoms with van der Waals surface area (Å²) in [5.74, 6) is 0.257. The first-order valence-electron chi connectivity index (χ1n) is 8.95. The number of carbonyl (C=O) groups is 2. The van der Waals surface area contributed by atoms with E-state index >= 15 is 0 Å². The number of piperidine rings is 1. The van der Waals surface area contributed by atoms with Crippen molar-refractivity contribution in [2.24, 2.45) is 11.8 Å². The van der Waals surface area contributed by atoms with Gasteiger partial charge in [0, 0.05) is 25.2 Å². The number of aliphatic hydroxyl groups is 1. The van der Waals surface area contributed by atoms with E-state index in [1.807, 2.05) is 35.2 Å². The summed E-state index contributed by atoms with van der Waals surface area (Å²) in [4.78, 5) is 26.4. The number of rotatable bonds is 4. The Balaban J connectivity index is 1.42. The molecule has 24 heavy (non-hydrogen) atoms. The van der Waals surface area contributed by atoms with Crippen LogP contribution in [0.1, 0.15) is 42.5 Å². The zero-order valence-electron chi connectivity index (χ0n) is 14.0. The molecule has 0 spiro atoms. The number of nitrogens with zero attached hydrogens (tertiary/aromatic N) is 1. The van der Waals surface area contributed by atoms with Crippen LogP contribution in [0, 0.1) is 11.8 Å². The van der Waals surface area contributed by atoms with Crippen molar-refractivity contribution in [1.82, 2.24) is 10.2 Å². The number of amides is 2. The minimum Gasteiger partial charge on any atom is -0.392 e. The highest BCUT2D eigenvalue weighted by Crippen LogP contribution is 2.26. The van der Waals surface area contributed by atoms with Crippen LogP contribution in [-0.4, -0.2) is 47.6 Å². The van der Waals surface area contributed by atoms with E-state index in [4.69, 9.17) is 0 Å². The summed E-state index contributed by atoms with van der Waals surface area (Å²) in [6, 6.07) is 9.37. The Morgan fingerprint density at radius 2 is 1.79 bits per heavy atom. The summed E-state index contributed by atoms with van der Waals surface area (Å²) in [6.45, 7) is 2.12. The molecule has 1 aliphatic heterocycles. The Morgan fingerprint density at radius 1 is 1.08 bits per heavy atom. The summed E-state index contributed by atoms with van der Waals surface area (Å²) < 4.78 is 0. The van der Waals surface area contributed by atoms with Crippen LogP contribution < -0.4 is 5.32 Å². The molecule has 0 bridgehead atoms. The molecule has 2 N–H and O–H groups in total. The largest absolute Gasteiger partial charge is 0.392 e. The van der Waals surface area contributed by atoms with Crippen molar-refractivity contribution in [1.29, 1.82) is 0 Å². The molecule has 2 amide bonds. The Kier molecular flexibility index (Phi) is 5.51. The summed E-state index contributed by atoms with van der Waals surface area (Å²) in [7, 11) is 0. The lowest BCUT2D eigenvalue weighted by atomic mass is 9.95. The van der Waals surface area contributed by atoms with Crippen LogP contribution in [0.15, 0.2) is 30.3 Å². The molecule has 0 aromatic heterocycles. The van der Waals surface area contributed by atoms with Gasteiger partial charge in [-0.3, -0.25) is 9.59 Å². The molecule has 1 aromatic carbocycles. The second-order valence-corrected chi connectivity index (χ2v) is 6.95. The van der Waals surface area contributed by atoms with Crippen molar-refractivity contribution in [2.75, 3.05) is 19.6 Å².